The van der Waals surface area contributed by atoms with Crippen LogP contribution in [0.1, 0.15) is 18.1 Å². The third-order valence-electron chi connectivity index (χ3n) is 3.62. The van der Waals surface area contributed by atoms with Crippen LogP contribution in [0.5, 0.6) is 11.5 Å². The molecule has 7 heteroatoms. The van der Waals surface area contributed by atoms with Gasteiger partial charge in [-0.1, -0.05) is 34.1 Å². The van der Waals surface area contributed by atoms with Gasteiger partial charge >= 0.3 is 0 Å². The minimum absolute atomic E-state index is 0.135. The zero-order chi connectivity index (χ0) is 18.4. The summed E-state index contributed by atoms with van der Waals surface area (Å²) < 4.78 is 26.2. The van der Waals surface area contributed by atoms with Gasteiger partial charge in [-0.2, -0.15) is 0 Å². The summed E-state index contributed by atoms with van der Waals surface area (Å²) in [6.07, 6.45) is 1.76. The van der Waals surface area contributed by atoms with Gasteiger partial charge in [0.05, 0.1) is 6.61 Å². The molecule has 0 spiro atoms. The van der Waals surface area contributed by atoms with Crippen LogP contribution in [0.25, 0.3) is 0 Å². The number of hydrogen-bond acceptors (Lipinski definition) is 5. The van der Waals surface area contributed by atoms with Gasteiger partial charge in [0.1, 0.15) is 12.4 Å². The molecular formula is C19H18BrFN2O2S. The van der Waals surface area contributed by atoms with Crippen LogP contribution in [0.15, 0.2) is 52.4 Å². The van der Waals surface area contributed by atoms with Crippen molar-refractivity contribution in [3.05, 3.63) is 69.4 Å². The van der Waals surface area contributed by atoms with E-state index in [1.54, 1.807) is 35.7 Å². The maximum Gasteiger partial charge on any atom is 0.182 e. The zero-order valence-electron chi connectivity index (χ0n) is 14.2. The molecule has 0 aliphatic heterocycles. The molecular weight excluding hydrogens is 419 g/mol. The Balaban J connectivity index is 1.76. The maximum atomic E-state index is 13.8. The lowest BCUT2D eigenvalue weighted by Gasteiger charge is -2.15. The van der Waals surface area contributed by atoms with E-state index >= 15 is 0 Å². The Bertz CT molecular complexity index is 859. The van der Waals surface area contributed by atoms with Gasteiger partial charge < -0.3 is 14.8 Å². The number of nitrogens with one attached hydrogen (secondary N) is 1. The van der Waals surface area contributed by atoms with Gasteiger partial charge in [0.2, 0.25) is 0 Å². The zero-order valence-corrected chi connectivity index (χ0v) is 16.6. The monoisotopic (exact) mass is 436 g/mol. The first kappa shape index (κ1) is 18.7. The second kappa shape index (κ2) is 9.00. The number of hydrogen-bond donors (Lipinski definition) is 1. The van der Waals surface area contributed by atoms with Crippen molar-refractivity contribution in [2.75, 3.05) is 11.9 Å². The molecule has 2 aromatic carbocycles. The van der Waals surface area contributed by atoms with E-state index in [1.807, 2.05) is 24.4 Å². The van der Waals surface area contributed by atoms with Crippen molar-refractivity contribution >= 4 is 32.4 Å². The van der Waals surface area contributed by atoms with Crippen LogP contribution in [0.3, 0.4) is 0 Å². The smallest absolute Gasteiger partial charge is 0.182 e. The van der Waals surface area contributed by atoms with Gasteiger partial charge in [-0.25, -0.2) is 9.37 Å². The molecule has 0 unspecified atom stereocenters. The molecule has 0 saturated heterocycles. The predicted molar refractivity (Wildman–Crippen MR) is 105 cm³/mol. The fraction of sp³-hybridized carbons (Fsp3) is 0.211. The van der Waals surface area contributed by atoms with Crippen LogP contribution in [0.2, 0.25) is 0 Å². The largest absolute Gasteiger partial charge is 0.490 e. The SMILES string of the molecule is CCOc1cc(CNc2nccs2)c(Br)cc1OCc1ccccc1F. The second-order valence-electron chi connectivity index (χ2n) is 5.39. The van der Waals surface area contributed by atoms with Crippen LogP contribution in [0.4, 0.5) is 9.52 Å². The van der Waals surface area contributed by atoms with Crippen LogP contribution < -0.4 is 14.8 Å². The average Bonchev–Trinajstić information content (AvgIpc) is 3.15. The van der Waals surface area contributed by atoms with Crippen LogP contribution >= 0.6 is 27.3 Å². The Morgan fingerprint density at radius 2 is 1.96 bits per heavy atom. The van der Waals surface area contributed by atoms with Gasteiger partial charge in [0.15, 0.2) is 16.6 Å². The molecule has 3 rings (SSSR count). The van der Waals surface area contributed by atoms with Gasteiger partial charge in [-0.05, 0) is 30.7 Å². The molecule has 0 atom stereocenters. The summed E-state index contributed by atoms with van der Waals surface area (Å²) in [5.74, 6) is 0.914. The van der Waals surface area contributed by atoms with E-state index in [4.69, 9.17) is 9.47 Å². The number of anilines is 1. The first-order chi connectivity index (χ1) is 12.7. The molecule has 1 heterocycles. The van der Waals surface area contributed by atoms with E-state index < -0.39 is 0 Å². The van der Waals surface area contributed by atoms with Crippen molar-refractivity contribution in [1.82, 2.24) is 4.98 Å². The van der Waals surface area contributed by atoms with E-state index in [-0.39, 0.29) is 12.4 Å². The van der Waals surface area contributed by atoms with Crippen LogP contribution in [0, 0.1) is 5.82 Å². The third kappa shape index (κ3) is 4.74. The molecule has 0 fully saturated rings. The molecule has 0 aliphatic carbocycles. The molecule has 136 valence electrons. The Morgan fingerprint density at radius 3 is 2.69 bits per heavy atom. The van der Waals surface area contributed by atoms with Gasteiger partial charge in [-0.15, -0.1) is 11.3 Å². The molecule has 0 saturated carbocycles. The summed E-state index contributed by atoms with van der Waals surface area (Å²) in [5, 5.41) is 6.04. The highest BCUT2D eigenvalue weighted by Gasteiger charge is 2.12. The molecule has 4 nitrogen and oxygen atoms in total. The van der Waals surface area contributed by atoms with Crippen molar-refractivity contribution in [2.45, 2.75) is 20.1 Å². The minimum atomic E-state index is -0.284. The molecule has 0 bridgehead atoms. The number of rotatable bonds is 8. The number of nitrogens with zero attached hydrogens (tertiary/aromatic N) is 1. The summed E-state index contributed by atoms with van der Waals surface area (Å²) in [5.41, 5.74) is 1.52. The van der Waals surface area contributed by atoms with Gasteiger partial charge in [0, 0.05) is 28.2 Å². The van der Waals surface area contributed by atoms with Crippen LogP contribution in [-0.4, -0.2) is 11.6 Å². The average molecular weight is 437 g/mol. The lowest BCUT2D eigenvalue weighted by atomic mass is 10.2. The normalized spacial score (nSPS) is 10.6. The molecule has 1 aromatic heterocycles. The molecule has 0 aliphatic rings. The first-order valence-electron chi connectivity index (χ1n) is 8.12. The Kier molecular flexibility index (Phi) is 6.46. The summed E-state index contributed by atoms with van der Waals surface area (Å²) >= 11 is 5.11. The minimum Gasteiger partial charge on any atom is -0.490 e. The van der Waals surface area contributed by atoms with E-state index in [0.717, 1.165) is 15.2 Å². The van der Waals surface area contributed by atoms with E-state index in [2.05, 4.69) is 26.2 Å². The van der Waals surface area contributed by atoms with Crippen LogP contribution in [-0.2, 0) is 13.2 Å². The lowest BCUT2D eigenvalue weighted by molar-refractivity contribution is 0.265. The molecule has 0 radical (unpaired) electrons. The Morgan fingerprint density at radius 1 is 1.15 bits per heavy atom. The quantitative estimate of drug-likeness (QED) is 0.496. The predicted octanol–water partition coefficient (Wildman–Crippen LogP) is 5.63. The summed E-state index contributed by atoms with van der Waals surface area (Å²) in [4.78, 5) is 4.21. The van der Waals surface area contributed by atoms with Crippen molar-refractivity contribution in [2.24, 2.45) is 0 Å². The summed E-state index contributed by atoms with van der Waals surface area (Å²) in [7, 11) is 0. The van der Waals surface area contributed by atoms with Gasteiger partial charge in [0.25, 0.3) is 0 Å². The number of ether oxygens (including phenoxy) is 2. The number of halogens is 2. The summed E-state index contributed by atoms with van der Waals surface area (Å²) in [6, 6.07) is 10.3. The van der Waals surface area contributed by atoms with Gasteiger partial charge in [-0.3, -0.25) is 0 Å². The first-order valence-corrected chi connectivity index (χ1v) is 9.79. The summed E-state index contributed by atoms with van der Waals surface area (Å²) in [6.45, 7) is 3.16. The highest BCUT2D eigenvalue weighted by molar-refractivity contribution is 9.10. The second-order valence-corrected chi connectivity index (χ2v) is 7.14. The Hall–Kier alpha value is -2.12. The standard InChI is InChI=1S/C19H18BrFN2O2S/c1-2-24-17-9-14(11-23-19-22-7-8-26-19)15(20)10-18(17)25-12-13-5-3-4-6-16(13)21/h3-10H,2,11-12H2,1H3,(H,22,23). The fourth-order valence-corrected chi connectivity index (χ4v) is 3.34. The molecule has 26 heavy (non-hydrogen) atoms. The van der Waals surface area contributed by atoms with E-state index in [1.165, 1.54) is 6.07 Å². The number of aromatic nitrogens is 1. The highest BCUT2D eigenvalue weighted by Crippen LogP contribution is 2.35. The van der Waals surface area contributed by atoms with E-state index in [9.17, 15) is 4.39 Å². The van der Waals surface area contributed by atoms with E-state index in [0.29, 0.717) is 30.2 Å². The topological polar surface area (TPSA) is 43.4 Å². The number of benzene rings is 2. The molecule has 0 amide bonds. The van der Waals surface area contributed by atoms with Crippen molar-refractivity contribution in [1.29, 1.82) is 0 Å². The molecule has 1 N–H and O–H groups in total. The molecule has 3 aromatic rings. The lowest BCUT2D eigenvalue weighted by Crippen LogP contribution is -2.04. The van der Waals surface area contributed by atoms with Crippen molar-refractivity contribution in [3.63, 3.8) is 0 Å². The van der Waals surface area contributed by atoms with Crippen molar-refractivity contribution in [3.8, 4) is 11.5 Å². The fourth-order valence-electron chi connectivity index (χ4n) is 2.35. The maximum absolute atomic E-state index is 13.8. The third-order valence-corrected chi connectivity index (χ3v) is 5.09. The van der Waals surface area contributed by atoms with Crippen molar-refractivity contribution < 1.29 is 13.9 Å². The Labute approximate surface area is 164 Å². The highest BCUT2D eigenvalue weighted by atomic mass is 79.9. The number of thiazole rings is 1.